The Morgan fingerprint density at radius 3 is 2.42 bits per heavy atom. The highest BCUT2D eigenvalue weighted by Gasteiger charge is 2.13. The molecule has 0 saturated carbocycles. The maximum atomic E-state index is 13.1. The molecule has 0 spiro atoms. The predicted molar refractivity (Wildman–Crippen MR) is 118 cm³/mol. The summed E-state index contributed by atoms with van der Waals surface area (Å²) in [6, 6.07) is 18.8. The summed E-state index contributed by atoms with van der Waals surface area (Å²) in [6.07, 6.45) is 1.39. The van der Waals surface area contributed by atoms with Gasteiger partial charge in [0.15, 0.2) is 0 Å². The number of nitrogens with one attached hydrogen (secondary N) is 2. The van der Waals surface area contributed by atoms with Gasteiger partial charge in [0.05, 0.1) is 11.2 Å². The minimum Gasteiger partial charge on any atom is -0.489 e. The molecule has 0 bridgehead atoms. The summed E-state index contributed by atoms with van der Waals surface area (Å²) >= 11 is 5.64. The van der Waals surface area contributed by atoms with Crippen molar-refractivity contribution in [2.75, 3.05) is 5.32 Å². The van der Waals surface area contributed by atoms with Crippen molar-refractivity contribution in [3.8, 4) is 5.75 Å². The summed E-state index contributed by atoms with van der Waals surface area (Å²) in [7, 11) is 0. The molecule has 3 rings (SSSR count). The van der Waals surface area contributed by atoms with E-state index in [1.807, 2.05) is 31.2 Å². The van der Waals surface area contributed by atoms with Gasteiger partial charge in [0, 0.05) is 5.69 Å². The van der Waals surface area contributed by atoms with Crippen molar-refractivity contribution in [3.63, 3.8) is 0 Å². The van der Waals surface area contributed by atoms with Crippen LogP contribution in [0.2, 0.25) is 5.02 Å². The van der Waals surface area contributed by atoms with E-state index >= 15 is 0 Å². The number of hydrazone groups is 1. The Kier molecular flexibility index (Phi) is 7.35. The molecule has 0 fully saturated rings. The first-order valence-corrected chi connectivity index (χ1v) is 9.66. The smallest absolute Gasteiger partial charge is 0.329 e. The second-order valence-electron chi connectivity index (χ2n) is 6.63. The van der Waals surface area contributed by atoms with Crippen molar-refractivity contribution in [1.82, 2.24) is 5.43 Å². The molecule has 0 unspecified atom stereocenters. The van der Waals surface area contributed by atoms with Gasteiger partial charge in [0.1, 0.15) is 18.2 Å². The molecule has 2 N–H and O–H groups in total. The Hall–Kier alpha value is -3.71. The molecule has 0 aliphatic carbocycles. The van der Waals surface area contributed by atoms with Crippen LogP contribution >= 0.6 is 11.6 Å². The minimum absolute atomic E-state index is 0.164. The molecule has 31 heavy (non-hydrogen) atoms. The molecule has 2 amide bonds. The van der Waals surface area contributed by atoms with E-state index in [4.69, 9.17) is 16.3 Å². The summed E-state index contributed by atoms with van der Waals surface area (Å²) in [5.74, 6) is -1.87. The maximum Gasteiger partial charge on any atom is 0.329 e. The number of carbonyl (C=O) groups excluding carboxylic acids is 2. The lowest BCUT2D eigenvalue weighted by Crippen LogP contribution is -2.32. The van der Waals surface area contributed by atoms with Gasteiger partial charge in [-0.15, -0.1) is 0 Å². The molecule has 0 heterocycles. The summed E-state index contributed by atoms with van der Waals surface area (Å²) in [5, 5.41) is 5.89. The first kappa shape index (κ1) is 22.0. The summed E-state index contributed by atoms with van der Waals surface area (Å²) in [4.78, 5) is 23.7. The van der Waals surface area contributed by atoms with E-state index in [1.165, 1.54) is 23.9 Å². The van der Waals surface area contributed by atoms with Crippen LogP contribution in [0.15, 0.2) is 71.8 Å². The van der Waals surface area contributed by atoms with E-state index in [0.717, 1.165) is 11.6 Å². The molecular weight excluding hydrogens is 421 g/mol. The predicted octanol–water partition coefficient (Wildman–Crippen LogP) is 4.46. The first-order chi connectivity index (χ1) is 14.9. The molecule has 0 saturated heterocycles. The van der Waals surface area contributed by atoms with Crippen LogP contribution in [-0.4, -0.2) is 18.0 Å². The molecule has 0 aromatic heterocycles. The number of hydrogen-bond donors (Lipinski definition) is 2. The molecular formula is C23H19ClFN3O3. The van der Waals surface area contributed by atoms with E-state index in [9.17, 15) is 14.0 Å². The van der Waals surface area contributed by atoms with E-state index in [1.54, 1.807) is 24.3 Å². The third-order valence-electron chi connectivity index (χ3n) is 4.17. The van der Waals surface area contributed by atoms with Crippen molar-refractivity contribution in [1.29, 1.82) is 0 Å². The van der Waals surface area contributed by atoms with Crippen LogP contribution in [0.3, 0.4) is 0 Å². The van der Waals surface area contributed by atoms with E-state index in [2.05, 4.69) is 15.8 Å². The number of benzene rings is 3. The van der Waals surface area contributed by atoms with Gasteiger partial charge in [-0.25, -0.2) is 9.82 Å². The Balaban J connectivity index is 1.47. The van der Waals surface area contributed by atoms with Crippen LogP contribution < -0.4 is 15.5 Å². The summed E-state index contributed by atoms with van der Waals surface area (Å²) in [6.45, 7) is 2.49. The number of amides is 2. The SMILES string of the molecule is Cc1ccc(COc2ccc(/C=N/NC(=O)C(=O)Nc3ccc(F)c(Cl)c3)cc2)cc1. The lowest BCUT2D eigenvalue weighted by molar-refractivity contribution is -0.136. The normalized spacial score (nSPS) is 10.7. The van der Waals surface area contributed by atoms with Gasteiger partial charge in [0.2, 0.25) is 0 Å². The third-order valence-corrected chi connectivity index (χ3v) is 4.46. The van der Waals surface area contributed by atoms with Gasteiger partial charge in [-0.05, 0) is 60.5 Å². The van der Waals surface area contributed by atoms with Crippen molar-refractivity contribution in [3.05, 3.63) is 94.3 Å². The zero-order valence-electron chi connectivity index (χ0n) is 16.6. The lowest BCUT2D eigenvalue weighted by Gasteiger charge is -2.07. The maximum absolute atomic E-state index is 13.1. The standard InChI is InChI=1S/C23H19ClFN3O3/c1-15-2-4-17(5-3-15)14-31-19-9-6-16(7-10-19)13-26-28-23(30)22(29)27-18-8-11-21(25)20(24)12-18/h2-13H,14H2,1H3,(H,27,29)(H,28,30)/b26-13+. The van der Waals surface area contributed by atoms with Gasteiger partial charge < -0.3 is 10.1 Å². The van der Waals surface area contributed by atoms with Crippen molar-refractivity contribution >= 4 is 35.3 Å². The Morgan fingerprint density at radius 1 is 1.03 bits per heavy atom. The van der Waals surface area contributed by atoms with Crippen molar-refractivity contribution in [2.45, 2.75) is 13.5 Å². The van der Waals surface area contributed by atoms with Crippen LogP contribution in [0.5, 0.6) is 5.75 Å². The zero-order chi connectivity index (χ0) is 22.2. The fourth-order valence-electron chi connectivity index (χ4n) is 2.48. The van der Waals surface area contributed by atoms with Crippen molar-refractivity contribution in [2.24, 2.45) is 5.10 Å². The van der Waals surface area contributed by atoms with Gasteiger partial charge in [-0.2, -0.15) is 5.10 Å². The highest BCUT2D eigenvalue weighted by Crippen LogP contribution is 2.19. The quantitative estimate of drug-likeness (QED) is 0.338. The molecule has 3 aromatic rings. The largest absolute Gasteiger partial charge is 0.489 e. The van der Waals surface area contributed by atoms with Crippen LogP contribution in [0.25, 0.3) is 0 Å². The molecule has 6 nitrogen and oxygen atoms in total. The van der Waals surface area contributed by atoms with Gasteiger partial charge in [-0.1, -0.05) is 41.4 Å². The average Bonchev–Trinajstić information content (AvgIpc) is 2.76. The highest BCUT2D eigenvalue weighted by atomic mass is 35.5. The van der Waals surface area contributed by atoms with Gasteiger partial charge in [-0.3, -0.25) is 9.59 Å². The number of ether oxygens (including phenoxy) is 1. The number of carbonyl (C=O) groups is 2. The average molecular weight is 440 g/mol. The molecule has 158 valence electrons. The van der Waals surface area contributed by atoms with Gasteiger partial charge >= 0.3 is 11.8 Å². The molecule has 0 atom stereocenters. The van der Waals surface area contributed by atoms with Crippen molar-refractivity contribution < 1.29 is 18.7 Å². The number of hydrogen-bond acceptors (Lipinski definition) is 4. The Morgan fingerprint density at radius 2 is 1.74 bits per heavy atom. The fourth-order valence-corrected chi connectivity index (χ4v) is 2.66. The highest BCUT2D eigenvalue weighted by molar-refractivity contribution is 6.39. The molecule has 8 heteroatoms. The van der Waals surface area contributed by atoms with Crippen LogP contribution in [0.1, 0.15) is 16.7 Å². The summed E-state index contributed by atoms with van der Waals surface area (Å²) < 4.78 is 18.9. The van der Waals surface area contributed by atoms with E-state index < -0.39 is 17.6 Å². The molecule has 0 aliphatic rings. The Labute approximate surface area is 183 Å². The summed E-state index contributed by atoms with van der Waals surface area (Å²) in [5.41, 5.74) is 5.28. The molecule has 0 radical (unpaired) electrons. The second kappa shape index (κ2) is 10.4. The van der Waals surface area contributed by atoms with Crippen LogP contribution in [0.4, 0.5) is 10.1 Å². The number of anilines is 1. The third kappa shape index (κ3) is 6.65. The first-order valence-electron chi connectivity index (χ1n) is 9.28. The minimum atomic E-state index is -0.977. The topological polar surface area (TPSA) is 79.8 Å². The second-order valence-corrected chi connectivity index (χ2v) is 7.03. The van der Waals surface area contributed by atoms with Crippen LogP contribution in [0, 0.1) is 12.7 Å². The number of aryl methyl sites for hydroxylation is 1. The van der Waals surface area contributed by atoms with E-state index in [-0.39, 0.29) is 10.7 Å². The monoisotopic (exact) mass is 439 g/mol. The van der Waals surface area contributed by atoms with Crippen LogP contribution in [-0.2, 0) is 16.2 Å². The fraction of sp³-hybridized carbons (Fsp3) is 0.0870. The number of halogens is 2. The molecule has 3 aromatic carbocycles. The Bertz CT molecular complexity index is 1100. The van der Waals surface area contributed by atoms with E-state index in [0.29, 0.717) is 17.9 Å². The number of rotatable bonds is 6. The molecule has 0 aliphatic heterocycles. The lowest BCUT2D eigenvalue weighted by atomic mass is 10.2. The zero-order valence-corrected chi connectivity index (χ0v) is 17.3. The van der Waals surface area contributed by atoms with Gasteiger partial charge in [0.25, 0.3) is 0 Å². The number of nitrogens with zero attached hydrogens (tertiary/aromatic N) is 1.